The van der Waals surface area contributed by atoms with Crippen molar-refractivity contribution in [2.75, 3.05) is 50.0 Å². The Morgan fingerprint density at radius 2 is 1.90 bits per heavy atom. The summed E-state index contributed by atoms with van der Waals surface area (Å²) in [5, 5.41) is 11.0. The van der Waals surface area contributed by atoms with E-state index in [1.807, 2.05) is 24.3 Å². The van der Waals surface area contributed by atoms with E-state index in [-0.39, 0.29) is 0 Å². The molecule has 2 aromatic heterocycles. The lowest BCUT2D eigenvalue weighted by Gasteiger charge is -2.23. The summed E-state index contributed by atoms with van der Waals surface area (Å²) in [6.45, 7) is 5.76. The highest BCUT2D eigenvalue weighted by atomic mass is 35.5. The van der Waals surface area contributed by atoms with Gasteiger partial charge in [-0.05, 0) is 68.8 Å². The van der Waals surface area contributed by atoms with Crippen LogP contribution in [0, 0.1) is 11.8 Å². The predicted octanol–water partition coefficient (Wildman–Crippen LogP) is 4.05. The van der Waals surface area contributed by atoms with Crippen LogP contribution >= 0.6 is 11.6 Å². The second kappa shape index (κ2) is 10.2. The van der Waals surface area contributed by atoms with Gasteiger partial charge in [-0.2, -0.15) is 0 Å². The Hall–Kier alpha value is -1.89. The van der Waals surface area contributed by atoms with E-state index in [0.717, 1.165) is 75.1 Å². The number of nitrogens with zero attached hydrogens (tertiary/aromatic N) is 2. The Bertz CT molecular complexity index is 791. The molecule has 0 bridgehead atoms. The van der Waals surface area contributed by atoms with E-state index in [2.05, 4.69) is 20.9 Å². The minimum atomic E-state index is 0.615. The van der Waals surface area contributed by atoms with Gasteiger partial charge in [-0.15, -0.1) is 0 Å². The van der Waals surface area contributed by atoms with Crippen molar-refractivity contribution in [2.24, 2.45) is 11.8 Å². The van der Waals surface area contributed by atoms with E-state index in [9.17, 15) is 0 Å². The molecule has 0 aliphatic carbocycles. The van der Waals surface area contributed by atoms with Crippen molar-refractivity contribution in [1.82, 2.24) is 15.3 Å². The van der Waals surface area contributed by atoms with Gasteiger partial charge in [-0.25, -0.2) is 9.97 Å². The first-order valence-corrected chi connectivity index (χ1v) is 11.0. The van der Waals surface area contributed by atoms with E-state index in [4.69, 9.17) is 21.3 Å². The van der Waals surface area contributed by atoms with E-state index < -0.39 is 0 Å². The fourth-order valence-corrected chi connectivity index (χ4v) is 4.16. The monoisotopic (exact) mass is 415 g/mol. The van der Waals surface area contributed by atoms with Gasteiger partial charge >= 0.3 is 0 Å². The predicted molar refractivity (Wildman–Crippen MR) is 119 cm³/mol. The summed E-state index contributed by atoms with van der Waals surface area (Å²) < 4.78 is 5.44. The first-order valence-electron chi connectivity index (χ1n) is 10.7. The summed E-state index contributed by atoms with van der Waals surface area (Å²) in [6.07, 6.45) is 6.41. The number of halogens is 1. The number of ether oxygens (including phenoxy) is 1. The Morgan fingerprint density at radius 3 is 2.72 bits per heavy atom. The maximum atomic E-state index is 6.46. The maximum Gasteiger partial charge on any atom is 0.126 e. The lowest BCUT2D eigenvalue weighted by molar-refractivity contribution is 0.0699. The minimum Gasteiger partial charge on any atom is -0.381 e. The number of rotatable bonds is 7. The van der Waals surface area contributed by atoms with Gasteiger partial charge in [0.15, 0.2) is 0 Å². The molecule has 2 aromatic rings. The zero-order chi connectivity index (χ0) is 19.9. The van der Waals surface area contributed by atoms with Crippen LogP contribution in [0.3, 0.4) is 0 Å². The van der Waals surface area contributed by atoms with Gasteiger partial charge in [0.25, 0.3) is 0 Å². The molecule has 2 aliphatic heterocycles. The number of hydrogen-bond donors (Lipinski definition) is 3. The molecule has 2 saturated heterocycles. The van der Waals surface area contributed by atoms with Crippen LogP contribution in [0.4, 0.5) is 11.6 Å². The number of piperidine rings is 1. The average molecular weight is 416 g/mol. The summed E-state index contributed by atoms with van der Waals surface area (Å²) in [5.41, 5.74) is 1.76. The van der Waals surface area contributed by atoms with E-state index in [1.54, 1.807) is 6.20 Å². The molecule has 1 atom stereocenters. The van der Waals surface area contributed by atoms with E-state index in [1.165, 1.54) is 12.8 Å². The molecule has 4 rings (SSSR count). The molecule has 2 aliphatic rings. The third kappa shape index (κ3) is 5.81. The topological polar surface area (TPSA) is 71.1 Å². The Labute approximate surface area is 177 Å². The van der Waals surface area contributed by atoms with Crippen LogP contribution in [0.15, 0.2) is 30.5 Å². The largest absolute Gasteiger partial charge is 0.381 e. The van der Waals surface area contributed by atoms with Crippen LogP contribution < -0.4 is 16.0 Å². The van der Waals surface area contributed by atoms with Crippen molar-refractivity contribution < 1.29 is 4.74 Å². The molecule has 2 fully saturated rings. The average Bonchev–Trinajstić information content (AvgIpc) is 2.79. The molecule has 156 valence electrons. The van der Waals surface area contributed by atoms with Crippen LogP contribution in [0.25, 0.3) is 11.3 Å². The normalized spacial score (nSPS) is 20.4. The van der Waals surface area contributed by atoms with Crippen LogP contribution in [-0.4, -0.2) is 49.4 Å². The number of anilines is 2. The highest BCUT2D eigenvalue weighted by Crippen LogP contribution is 2.29. The van der Waals surface area contributed by atoms with Crippen molar-refractivity contribution in [3.63, 3.8) is 0 Å². The summed E-state index contributed by atoms with van der Waals surface area (Å²) in [4.78, 5) is 9.24. The zero-order valence-corrected chi connectivity index (χ0v) is 17.5. The molecular weight excluding hydrogens is 386 g/mol. The molecular formula is C22H30ClN5O. The summed E-state index contributed by atoms with van der Waals surface area (Å²) in [7, 11) is 0. The molecule has 3 N–H and O–H groups in total. The van der Waals surface area contributed by atoms with Crippen LogP contribution in [0.2, 0.25) is 5.02 Å². The molecule has 0 saturated carbocycles. The fourth-order valence-electron chi connectivity index (χ4n) is 3.96. The lowest BCUT2D eigenvalue weighted by atomic mass is 10.00. The summed E-state index contributed by atoms with van der Waals surface area (Å²) in [5.74, 6) is 3.01. The van der Waals surface area contributed by atoms with Gasteiger partial charge in [0.2, 0.25) is 0 Å². The van der Waals surface area contributed by atoms with Crippen molar-refractivity contribution in [3.8, 4) is 11.3 Å². The van der Waals surface area contributed by atoms with E-state index >= 15 is 0 Å². The Balaban J connectivity index is 1.41. The lowest BCUT2D eigenvalue weighted by Crippen LogP contribution is -2.33. The van der Waals surface area contributed by atoms with Crippen LogP contribution in [0.5, 0.6) is 0 Å². The van der Waals surface area contributed by atoms with Gasteiger partial charge < -0.3 is 20.7 Å². The first-order chi connectivity index (χ1) is 14.3. The Morgan fingerprint density at radius 1 is 1.07 bits per heavy atom. The third-order valence-electron chi connectivity index (χ3n) is 5.76. The molecule has 0 radical (unpaired) electrons. The van der Waals surface area contributed by atoms with Crippen molar-refractivity contribution >= 4 is 23.2 Å². The number of pyridine rings is 2. The number of nitrogens with one attached hydrogen (secondary N) is 3. The molecule has 0 unspecified atom stereocenters. The minimum absolute atomic E-state index is 0.615. The molecule has 4 heterocycles. The second-order valence-corrected chi connectivity index (χ2v) is 8.39. The molecule has 0 spiro atoms. The molecule has 29 heavy (non-hydrogen) atoms. The van der Waals surface area contributed by atoms with Gasteiger partial charge in [0, 0.05) is 38.1 Å². The number of hydrogen-bond acceptors (Lipinski definition) is 6. The van der Waals surface area contributed by atoms with E-state index in [0.29, 0.717) is 16.9 Å². The fraction of sp³-hybridized carbons (Fsp3) is 0.545. The molecule has 0 aromatic carbocycles. The maximum absolute atomic E-state index is 6.46. The first kappa shape index (κ1) is 20.4. The molecule has 6 nitrogen and oxygen atoms in total. The highest BCUT2D eigenvalue weighted by Gasteiger charge is 2.15. The van der Waals surface area contributed by atoms with Gasteiger partial charge in [0.1, 0.15) is 11.6 Å². The zero-order valence-electron chi connectivity index (χ0n) is 16.8. The summed E-state index contributed by atoms with van der Waals surface area (Å²) in [6, 6.07) is 8.03. The van der Waals surface area contributed by atoms with Gasteiger partial charge in [-0.3, -0.25) is 0 Å². The third-order valence-corrected chi connectivity index (χ3v) is 6.07. The SMILES string of the molecule is Clc1cnc(NC[C@@H]2CCCNC2)cc1-c1cccc(NCC2CCOCC2)n1. The second-order valence-electron chi connectivity index (χ2n) is 7.99. The van der Waals surface area contributed by atoms with Crippen molar-refractivity contribution in [2.45, 2.75) is 25.7 Å². The van der Waals surface area contributed by atoms with Crippen molar-refractivity contribution in [3.05, 3.63) is 35.5 Å². The quantitative estimate of drug-likeness (QED) is 0.633. The molecule has 7 heteroatoms. The summed E-state index contributed by atoms with van der Waals surface area (Å²) >= 11 is 6.46. The van der Waals surface area contributed by atoms with Crippen LogP contribution in [-0.2, 0) is 4.74 Å². The Kier molecular flexibility index (Phi) is 7.19. The molecule has 0 amide bonds. The van der Waals surface area contributed by atoms with Crippen molar-refractivity contribution in [1.29, 1.82) is 0 Å². The van der Waals surface area contributed by atoms with Gasteiger partial charge in [-0.1, -0.05) is 17.7 Å². The highest BCUT2D eigenvalue weighted by molar-refractivity contribution is 6.33. The smallest absolute Gasteiger partial charge is 0.126 e. The standard InChI is InChI=1S/C22H30ClN5O/c23-19-15-27-22(26-14-17-3-2-8-24-12-17)11-18(19)20-4-1-5-21(28-20)25-13-16-6-9-29-10-7-16/h1,4-5,11,15-17,24H,2-3,6-10,12-14H2,(H,25,28)(H,26,27)/t17-/m1/s1. The van der Waals surface area contributed by atoms with Crippen LogP contribution in [0.1, 0.15) is 25.7 Å². The van der Waals surface area contributed by atoms with Gasteiger partial charge in [0.05, 0.1) is 10.7 Å². The number of aromatic nitrogens is 2.